The lowest BCUT2D eigenvalue weighted by molar-refractivity contribution is 0.0619. The second kappa shape index (κ2) is 5.16. The highest BCUT2D eigenvalue weighted by atomic mass is 15.3. The van der Waals surface area contributed by atoms with Crippen LogP contribution in [0.25, 0.3) is 0 Å². The molecule has 2 rings (SSSR count). The molecule has 3 N–H and O–H groups in total. The van der Waals surface area contributed by atoms with Crippen LogP contribution < -0.4 is 11.1 Å². The number of nitrogens with two attached hydrogens (primary N) is 1. The number of hydrogen-bond acceptors (Lipinski definition) is 3. The predicted octanol–water partition coefficient (Wildman–Crippen LogP) is 2.54. The molecule has 0 aromatic carbocycles. The first-order chi connectivity index (χ1) is 8.82. The van der Waals surface area contributed by atoms with Gasteiger partial charge in [-0.15, -0.1) is 0 Å². The van der Waals surface area contributed by atoms with E-state index in [0.29, 0.717) is 17.9 Å². The van der Waals surface area contributed by atoms with Gasteiger partial charge >= 0.3 is 0 Å². The lowest BCUT2D eigenvalue weighted by Gasteiger charge is -2.47. The van der Waals surface area contributed by atoms with Gasteiger partial charge in [-0.05, 0) is 37.0 Å². The van der Waals surface area contributed by atoms with Crippen molar-refractivity contribution in [3.8, 4) is 0 Å². The molecule has 1 saturated carbocycles. The van der Waals surface area contributed by atoms with E-state index in [9.17, 15) is 0 Å². The highest BCUT2D eigenvalue weighted by Gasteiger charge is 2.41. The molecule has 1 heterocycles. The van der Waals surface area contributed by atoms with Crippen molar-refractivity contribution in [3.63, 3.8) is 0 Å². The van der Waals surface area contributed by atoms with E-state index in [2.05, 4.69) is 37.3 Å². The summed E-state index contributed by atoms with van der Waals surface area (Å²) in [6.45, 7) is 10.0. The summed E-state index contributed by atoms with van der Waals surface area (Å²) in [7, 11) is 1.99. The Morgan fingerprint density at radius 1 is 1.47 bits per heavy atom. The minimum atomic E-state index is 0.290. The normalized spacial score (nSPS) is 30.3. The minimum Gasteiger partial charge on any atom is -0.370 e. The van der Waals surface area contributed by atoms with E-state index in [1.165, 1.54) is 6.42 Å². The Morgan fingerprint density at radius 3 is 2.74 bits per heavy atom. The third kappa shape index (κ3) is 2.78. The molecule has 19 heavy (non-hydrogen) atoms. The topological polar surface area (TPSA) is 55.9 Å². The summed E-state index contributed by atoms with van der Waals surface area (Å²) in [6, 6.07) is 2.45. The molecule has 1 fully saturated rings. The Kier molecular flexibility index (Phi) is 3.90. The van der Waals surface area contributed by atoms with Gasteiger partial charge in [0.2, 0.25) is 0 Å². The van der Waals surface area contributed by atoms with Crippen LogP contribution in [0, 0.1) is 24.2 Å². The van der Waals surface area contributed by atoms with Gasteiger partial charge in [0.15, 0.2) is 0 Å². The predicted molar refractivity (Wildman–Crippen MR) is 80.1 cm³/mol. The largest absolute Gasteiger partial charge is 0.370 e. The summed E-state index contributed by atoms with van der Waals surface area (Å²) in [5.41, 5.74) is 7.56. The van der Waals surface area contributed by atoms with Crippen molar-refractivity contribution >= 4 is 5.82 Å². The quantitative estimate of drug-likeness (QED) is 0.882. The first-order valence-corrected chi connectivity index (χ1v) is 7.32. The lowest BCUT2D eigenvalue weighted by atomic mass is 9.61. The zero-order chi connectivity index (χ0) is 14.2. The second-order valence-electron chi connectivity index (χ2n) is 6.72. The van der Waals surface area contributed by atoms with Crippen LogP contribution in [0.4, 0.5) is 5.82 Å². The average Bonchev–Trinajstić information content (AvgIpc) is 2.64. The van der Waals surface area contributed by atoms with E-state index >= 15 is 0 Å². The Balaban J connectivity index is 2.01. The molecule has 3 unspecified atom stereocenters. The average molecular weight is 264 g/mol. The van der Waals surface area contributed by atoms with Crippen LogP contribution in [-0.2, 0) is 7.05 Å². The Hall–Kier alpha value is -1.03. The lowest BCUT2D eigenvalue weighted by Crippen LogP contribution is -2.48. The number of rotatable bonds is 3. The molecular weight excluding hydrogens is 236 g/mol. The van der Waals surface area contributed by atoms with Crippen LogP contribution in [0.15, 0.2) is 6.07 Å². The number of hydrogen-bond donors (Lipinski definition) is 2. The molecule has 108 valence electrons. The highest BCUT2D eigenvalue weighted by Crippen LogP contribution is 2.44. The fraction of sp³-hybridized carbons (Fsp3) is 0.800. The molecule has 4 nitrogen and oxygen atoms in total. The van der Waals surface area contributed by atoms with Gasteiger partial charge in [-0.25, -0.2) is 0 Å². The van der Waals surface area contributed by atoms with Crippen LogP contribution in [0.1, 0.15) is 39.3 Å². The Morgan fingerprint density at radius 2 is 2.16 bits per heavy atom. The van der Waals surface area contributed by atoms with E-state index in [-0.39, 0.29) is 5.41 Å². The number of aromatic nitrogens is 2. The molecule has 0 bridgehead atoms. The smallest absolute Gasteiger partial charge is 0.124 e. The fourth-order valence-electron chi connectivity index (χ4n) is 3.31. The molecule has 0 amide bonds. The minimum absolute atomic E-state index is 0.290. The monoisotopic (exact) mass is 264 g/mol. The first-order valence-electron chi connectivity index (χ1n) is 7.32. The number of anilines is 1. The highest BCUT2D eigenvalue weighted by molar-refractivity contribution is 5.36. The van der Waals surface area contributed by atoms with Crippen LogP contribution in [0.5, 0.6) is 0 Å². The van der Waals surface area contributed by atoms with Crippen LogP contribution >= 0.6 is 0 Å². The van der Waals surface area contributed by atoms with Gasteiger partial charge in [-0.2, -0.15) is 5.10 Å². The summed E-state index contributed by atoms with van der Waals surface area (Å²) in [6.07, 6.45) is 2.35. The summed E-state index contributed by atoms with van der Waals surface area (Å²) in [5.74, 6) is 2.34. The zero-order valence-electron chi connectivity index (χ0n) is 12.9. The summed E-state index contributed by atoms with van der Waals surface area (Å²) in [4.78, 5) is 0. The van der Waals surface area contributed by atoms with Gasteiger partial charge in [-0.1, -0.05) is 20.8 Å². The van der Waals surface area contributed by atoms with Crippen molar-refractivity contribution in [1.82, 2.24) is 9.78 Å². The fourth-order valence-corrected chi connectivity index (χ4v) is 3.31. The van der Waals surface area contributed by atoms with Crippen LogP contribution in [0.2, 0.25) is 0 Å². The van der Waals surface area contributed by atoms with Crippen molar-refractivity contribution in [2.24, 2.45) is 30.0 Å². The van der Waals surface area contributed by atoms with Crippen LogP contribution in [-0.4, -0.2) is 22.4 Å². The maximum atomic E-state index is 6.22. The molecule has 0 aliphatic heterocycles. The van der Waals surface area contributed by atoms with E-state index < -0.39 is 0 Å². The van der Waals surface area contributed by atoms with Crippen LogP contribution in [0.3, 0.4) is 0 Å². The van der Waals surface area contributed by atoms with Gasteiger partial charge in [-0.3, -0.25) is 4.68 Å². The second-order valence-corrected chi connectivity index (χ2v) is 6.72. The molecule has 1 aliphatic carbocycles. The number of aryl methyl sites for hydroxylation is 2. The molecule has 1 aromatic heterocycles. The standard InChI is InChI=1S/C15H28N4/c1-10-8-14(19(5)18-10)17-9-12-6-7-13(16)11(2)15(12,3)4/h8,11-13,17H,6-7,9,16H2,1-5H3. The summed E-state index contributed by atoms with van der Waals surface area (Å²) < 4.78 is 1.92. The third-order valence-electron chi connectivity index (χ3n) is 5.25. The molecule has 3 atom stereocenters. The third-order valence-corrected chi connectivity index (χ3v) is 5.25. The van der Waals surface area contributed by atoms with Gasteiger partial charge < -0.3 is 11.1 Å². The molecule has 0 spiro atoms. The molecule has 0 radical (unpaired) electrons. The first kappa shape index (κ1) is 14.4. The van der Waals surface area contributed by atoms with Gasteiger partial charge in [0.05, 0.1) is 5.69 Å². The number of nitrogens with one attached hydrogen (secondary N) is 1. The van der Waals surface area contributed by atoms with E-state index in [4.69, 9.17) is 5.73 Å². The van der Waals surface area contributed by atoms with Crippen molar-refractivity contribution in [2.45, 2.75) is 46.6 Å². The molecule has 1 aromatic rings. The van der Waals surface area contributed by atoms with E-state index in [0.717, 1.165) is 24.5 Å². The molecule has 4 heteroatoms. The van der Waals surface area contributed by atoms with E-state index in [1.54, 1.807) is 0 Å². The Bertz CT molecular complexity index is 435. The van der Waals surface area contributed by atoms with Crippen molar-refractivity contribution in [3.05, 3.63) is 11.8 Å². The maximum Gasteiger partial charge on any atom is 0.124 e. The SMILES string of the molecule is Cc1cc(NCC2CCC(N)C(C)C2(C)C)n(C)n1. The zero-order valence-corrected chi connectivity index (χ0v) is 12.9. The van der Waals surface area contributed by atoms with Gasteiger partial charge in [0.1, 0.15) is 5.82 Å². The summed E-state index contributed by atoms with van der Waals surface area (Å²) in [5, 5.41) is 7.93. The van der Waals surface area contributed by atoms with E-state index in [1.807, 2.05) is 18.7 Å². The van der Waals surface area contributed by atoms with Gasteiger partial charge in [0, 0.05) is 25.7 Å². The Labute approximate surface area is 116 Å². The molecule has 0 saturated heterocycles. The van der Waals surface area contributed by atoms with Crippen molar-refractivity contribution in [2.75, 3.05) is 11.9 Å². The molecular formula is C15H28N4. The van der Waals surface area contributed by atoms with Crippen molar-refractivity contribution < 1.29 is 0 Å². The molecule has 1 aliphatic rings. The van der Waals surface area contributed by atoms with Crippen molar-refractivity contribution in [1.29, 1.82) is 0 Å². The number of nitrogens with zero attached hydrogens (tertiary/aromatic N) is 2. The maximum absolute atomic E-state index is 6.22. The summed E-state index contributed by atoms with van der Waals surface area (Å²) >= 11 is 0. The van der Waals surface area contributed by atoms with Gasteiger partial charge in [0.25, 0.3) is 0 Å².